The Balaban J connectivity index is 1.48. The highest BCUT2D eigenvalue weighted by molar-refractivity contribution is 5.77. The maximum absolute atomic E-state index is 13.9. The van der Waals surface area contributed by atoms with Crippen molar-refractivity contribution >= 4 is 11.7 Å². The molecule has 2 fully saturated rings. The van der Waals surface area contributed by atoms with Gasteiger partial charge in [-0.05, 0) is 5.56 Å². The fourth-order valence-corrected chi connectivity index (χ4v) is 3.72. The van der Waals surface area contributed by atoms with Crippen molar-refractivity contribution in [2.45, 2.75) is 18.5 Å². The number of rotatable bonds is 3. The number of anilines is 1. The third-order valence-corrected chi connectivity index (χ3v) is 5.04. The topological polar surface area (TPSA) is 73.4 Å². The molecule has 26 heavy (non-hydrogen) atoms. The number of hydrogen-bond donors (Lipinski definition) is 2. The molecule has 2 atom stereocenters. The number of hydrogen-bond acceptors (Lipinski definition) is 6. The number of aromatic nitrogens is 2. The quantitative estimate of drug-likeness (QED) is 0.850. The van der Waals surface area contributed by atoms with Crippen LogP contribution in [0.2, 0.25) is 0 Å². The molecular weight excluding hydrogens is 335 g/mol. The predicted octanol–water partition coefficient (Wildman–Crippen LogP) is 0.872. The molecule has 2 aliphatic heterocycles. The minimum atomic E-state index is -0.401. The highest BCUT2D eigenvalue weighted by Gasteiger charge is 2.36. The molecule has 0 radical (unpaired) electrons. The van der Waals surface area contributed by atoms with E-state index in [0.717, 1.165) is 18.7 Å². The van der Waals surface area contributed by atoms with E-state index in [1.54, 1.807) is 0 Å². The molecule has 2 N–H and O–H groups in total. The van der Waals surface area contributed by atoms with E-state index in [1.165, 1.54) is 12.5 Å². The van der Waals surface area contributed by atoms with E-state index in [-0.39, 0.29) is 18.0 Å². The molecule has 136 valence electrons. The van der Waals surface area contributed by atoms with Crippen molar-refractivity contribution in [1.82, 2.24) is 25.7 Å². The number of carbonyl (C=O) groups excluding carboxylic acids is 1. The number of hydrazine groups is 1. The minimum absolute atomic E-state index is 0.00791. The van der Waals surface area contributed by atoms with Gasteiger partial charge < -0.3 is 4.90 Å². The summed E-state index contributed by atoms with van der Waals surface area (Å²) in [6.07, 6.45) is 3.00. The van der Waals surface area contributed by atoms with Crippen molar-refractivity contribution in [2.75, 3.05) is 31.1 Å². The van der Waals surface area contributed by atoms with Crippen LogP contribution in [0.25, 0.3) is 0 Å². The van der Waals surface area contributed by atoms with Gasteiger partial charge in [0.1, 0.15) is 6.33 Å². The summed E-state index contributed by atoms with van der Waals surface area (Å²) in [6, 6.07) is 10.2. The molecule has 4 rings (SSSR count). The van der Waals surface area contributed by atoms with Crippen LogP contribution in [0, 0.1) is 5.82 Å². The molecule has 2 saturated heterocycles. The molecule has 0 spiro atoms. The Bertz CT molecular complexity index is 765. The Morgan fingerprint density at radius 2 is 1.88 bits per heavy atom. The Morgan fingerprint density at radius 1 is 1.12 bits per heavy atom. The van der Waals surface area contributed by atoms with Crippen LogP contribution in [0.5, 0.6) is 0 Å². The van der Waals surface area contributed by atoms with Gasteiger partial charge in [-0.3, -0.25) is 15.1 Å². The van der Waals surface area contributed by atoms with E-state index in [9.17, 15) is 9.18 Å². The van der Waals surface area contributed by atoms with Gasteiger partial charge in [-0.25, -0.2) is 19.8 Å². The molecule has 1 aromatic heterocycles. The third-order valence-electron chi connectivity index (χ3n) is 5.04. The van der Waals surface area contributed by atoms with Crippen LogP contribution in [0.15, 0.2) is 42.9 Å². The maximum atomic E-state index is 13.9. The Morgan fingerprint density at radius 3 is 2.62 bits per heavy atom. The predicted molar refractivity (Wildman–Crippen MR) is 94.6 cm³/mol. The first-order valence-electron chi connectivity index (χ1n) is 8.76. The lowest BCUT2D eigenvalue weighted by molar-refractivity contribution is -0.126. The van der Waals surface area contributed by atoms with Gasteiger partial charge in [0.05, 0.1) is 12.2 Å². The van der Waals surface area contributed by atoms with Crippen LogP contribution in [0.4, 0.5) is 10.2 Å². The smallest absolute Gasteiger partial charge is 0.235 e. The van der Waals surface area contributed by atoms with E-state index < -0.39 is 5.82 Å². The highest BCUT2D eigenvalue weighted by Crippen LogP contribution is 2.27. The van der Waals surface area contributed by atoms with Gasteiger partial charge in [0.2, 0.25) is 5.91 Å². The number of halogens is 1. The van der Waals surface area contributed by atoms with E-state index in [4.69, 9.17) is 0 Å². The van der Waals surface area contributed by atoms with Crippen LogP contribution in [-0.4, -0.2) is 53.0 Å². The van der Waals surface area contributed by atoms with E-state index in [0.29, 0.717) is 25.3 Å². The summed E-state index contributed by atoms with van der Waals surface area (Å²) in [7, 11) is 0. The first-order valence-corrected chi connectivity index (χ1v) is 8.76. The van der Waals surface area contributed by atoms with Crippen LogP contribution in [0.3, 0.4) is 0 Å². The first-order chi connectivity index (χ1) is 12.7. The van der Waals surface area contributed by atoms with Crippen molar-refractivity contribution in [3.8, 4) is 0 Å². The number of carbonyl (C=O) groups is 1. The lowest BCUT2D eigenvalue weighted by Gasteiger charge is -2.44. The van der Waals surface area contributed by atoms with E-state index in [1.807, 2.05) is 23.1 Å². The van der Waals surface area contributed by atoms with Crippen LogP contribution in [0.1, 0.15) is 18.0 Å². The number of piperazine rings is 1. The summed E-state index contributed by atoms with van der Waals surface area (Å²) in [5, 5.41) is 0. The van der Waals surface area contributed by atoms with Crippen molar-refractivity contribution in [1.29, 1.82) is 0 Å². The molecule has 8 heteroatoms. The zero-order valence-electron chi connectivity index (χ0n) is 14.3. The van der Waals surface area contributed by atoms with Crippen molar-refractivity contribution in [3.63, 3.8) is 0 Å². The molecule has 2 unspecified atom stereocenters. The Labute approximate surface area is 151 Å². The Kier molecular flexibility index (Phi) is 4.77. The lowest BCUT2D eigenvalue weighted by Crippen LogP contribution is -2.60. The molecule has 0 bridgehead atoms. The zero-order valence-corrected chi connectivity index (χ0v) is 14.3. The average Bonchev–Trinajstić information content (AvgIpc) is 2.69. The van der Waals surface area contributed by atoms with Gasteiger partial charge in [0, 0.05) is 38.6 Å². The van der Waals surface area contributed by atoms with Gasteiger partial charge in [-0.15, -0.1) is 0 Å². The standard InChI is InChI=1S/C18H21FN6O/c19-14-11-20-12-21-18(14)25-8-6-24(7-9-25)15-10-16(26)22-23-17(15)13-4-2-1-3-5-13/h1-5,11-12,15,17,23H,6-10H2,(H,22,26). The second-order valence-corrected chi connectivity index (χ2v) is 6.57. The van der Waals surface area contributed by atoms with Gasteiger partial charge in [-0.1, -0.05) is 30.3 Å². The lowest BCUT2D eigenvalue weighted by atomic mass is 9.93. The van der Waals surface area contributed by atoms with E-state index in [2.05, 4.69) is 37.9 Å². The van der Waals surface area contributed by atoms with Crippen molar-refractivity contribution in [2.24, 2.45) is 0 Å². The summed E-state index contributed by atoms with van der Waals surface area (Å²) in [5.74, 6) is -0.0629. The summed E-state index contributed by atoms with van der Waals surface area (Å²) in [5.41, 5.74) is 7.04. The molecule has 0 aliphatic carbocycles. The monoisotopic (exact) mass is 356 g/mol. The van der Waals surface area contributed by atoms with E-state index >= 15 is 0 Å². The number of nitrogens with zero attached hydrogens (tertiary/aromatic N) is 4. The fraction of sp³-hybridized carbons (Fsp3) is 0.389. The number of benzene rings is 1. The summed E-state index contributed by atoms with van der Waals surface area (Å²) < 4.78 is 13.9. The van der Waals surface area contributed by atoms with Gasteiger partial charge in [0.15, 0.2) is 11.6 Å². The van der Waals surface area contributed by atoms with Gasteiger partial charge >= 0.3 is 0 Å². The molecule has 2 aliphatic rings. The zero-order chi connectivity index (χ0) is 17.9. The Hall–Kier alpha value is -2.58. The first kappa shape index (κ1) is 16.9. The fourth-order valence-electron chi connectivity index (χ4n) is 3.72. The van der Waals surface area contributed by atoms with Crippen molar-refractivity contribution < 1.29 is 9.18 Å². The molecular formula is C18H21FN6O. The molecule has 7 nitrogen and oxygen atoms in total. The largest absolute Gasteiger partial charge is 0.352 e. The highest BCUT2D eigenvalue weighted by atomic mass is 19.1. The SMILES string of the molecule is O=C1CC(N2CCN(c3ncncc3F)CC2)C(c2ccccc2)NN1. The van der Waals surface area contributed by atoms with Gasteiger partial charge in [-0.2, -0.15) is 0 Å². The normalized spacial score (nSPS) is 24.3. The molecule has 0 saturated carbocycles. The maximum Gasteiger partial charge on any atom is 0.235 e. The summed E-state index contributed by atoms with van der Waals surface area (Å²) in [6.45, 7) is 2.81. The number of amides is 1. The van der Waals surface area contributed by atoms with Crippen LogP contribution in [-0.2, 0) is 4.79 Å². The average molecular weight is 356 g/mol. The summed E-state index contributed by atoms with van der Waals surface area (Å²) >= 11 is 0. The minimum Gasteiger partial charge on any atom is -0.352 e. The molecule has 1 amide bonds. The number of nitrogens with one attached hydrogen (secondary N) is 2. The molecule has 2 aromatic rings. The second kappa shape index (κ2) is 7.35. The van der Waals surface area contributed by atoms with Crippen LogP contribution >= 0.6 is 0 Å². The van der Waals surface area contributed by atoms with Crippen LogP contribution < -0.4 is 15.8 Å². The second-order valence-electron chi connectivity index (χ2n) is 6.57. The van der Waals surface area contributed by atoms with Crippen molar-refractivity contribution in [3.05, 3.63) is 54.2 Å². The molecule has 1 aromatic carbocycles. The third kappa shape index (κ3) is 3.38. The molecule has 3 heterocycles. The summed E-state index contributed by atoms with van der Waals surface area (Å²) in [4.78, 5) is 23.9. The van der Waals surface area contributed by atoms with Gasteiger partial charge in [0.25, 0.3) is 0 Å².